The minimum absolute atomic E-state index is 0.119. The van der Waals surface area contributed by atoms with Gasteiger partial charge < -0.3 is 5.32 Å². The molecule has 4 nitrogen and oxygen atoms in total. The highest BCUT2D eigenvalue weighted by molar-refractivity contribution is 5.91. The molecule has 0 spiro atoms. The van der Waals surface area contributed by atoms with Crippen molar-refractivity contribution in [3.63, 3.8) is 0 Å². The molecule has 1 amide bonds. The summed E-state index contributed by atoms with van der Waals surface area (Å²) in [6, 6.07) is 16.1. The molecule has 0 atom stereocenters. The quantitative estimate of drug-likeness (QED) is 0.828. The molecule has 1 heterocycles. The summed E-state index contributed by atoms with van der Waals surface area (Å²) in [7, 11) is 0. The molecule has 0 saturated carbocycles. The van der Waals surface area contributed by atoms with Gasteiger partial charge in [-0.05, 0) is 42.7 Å². The lowest BCUT2D eigenvalue weighted by Crippen LogP contribution is -2.44. The number of likely N-dealkylation sites (tertiary alicyclic amines) is 1. The molecule has 0 unspecified atom stereocenters. The van der Waals surface area contributed by atoms with Crippen molar-refractivity contribution in [2.24, 2.45) is 0 Å². The summed E-state index contributed by atoms with van der Waals surface area (Å²) < 4.78 is 13.8. The van der Waals surface area contributed by atoms with Crippen LogP contribution < -0.4 is 5.32 Å². The summed E-state index contributed by atoms with van der Waals surface area (Å²) in [5.74, 6) is -0.284. The monoisotopic (exact) mass is 363 g/mol. The van der Waals surface area contributed by atoms with Gasteiger partial charge in [-0.3, -0.25) is 9.69 Å². The summed E-state index contributed by atoms with van der Waals surface area (Å²) in [4.78, 5) is 14.3. The number of nitrogens with zero attached hydrogens (tertiary/aromatic N) is 2. The molecule has 0 aromatic heterocycles. The number of piperidine rings is 1. The van der Waals surface area contributed by atoms with Gasteiger partial charge in [0.15, 0.2) is 0 Å². The van der Waals surface area contributed by atoms with Gasteiger partial charge in [-0.25, -0.2) is 4.39 Å². The van der Waals surface area contributed by atoms with Gasteiger partial charge in [0.25, 0.3) is 0 Å². The van der Waals surface area contributed by atoms with Crippen molar-refractivity contribution >= 4 is 12.0 Å². The van der Waals surface area contributed by atoms with E-state index >= 15 is 0 Å². The summed E-state index contributed by atoms with van der Waals surface area (Å²) in [5.41, 5.74) is 2.19. The Bertz CT molecular complexity index is 847. The van der Waals surface area contributed by atoms with Crippen molar-refractivity contribution in [1.29, 1.82) is 5.26 Å². The van der Waals surface area contributed by atoms with Gasteiger partial charge in [-0.1, -0.05) is 30.3 Å². The van der Waals surface area contributed by atoms with Crippen molar-refractivity contribution in [3.05, 3.63) is 77.1 Å². The van der Waals surface area contributed by atoms with Crippen LogP contribution in [-0.2, 0) is 11.3 Å². The highest BCUT2D eigenvalue weighted by atomic mass is 19.1. The van der Waals surface area contributed by atoms with Crippen LogP contribution in [0.25, 0.3) is 6.08 Å². The number of carbonyl (C=O) groups excluding carboxylic acids is 1. The van der Waals surface area contributed by atoms with Crippen LogP contribution in [0.1, 0.15) is 29.5 Å². The van der Waals surface area contributed by atoms with Crippen molar-refractivity contribution in [2.75, 3.05) is 13.1 Å². The first-order valence-corrected chi connectivity index (χ1v) is 9.08. The van der Waals surface area contributed by atoms with Gasteiger partial charge in [-0.15, -0.1) is 0 Å². The first-order chi connectivity index (χ1) is 13.1. The second kappa shape index (κ2) is 9.11. The highest BCUT2D eigenvalue weighted by Gasteiger charge is 2.20. The third kappa shape index (κ3) is 5.50. The zero-order valence-corrected chi connectivity index (χ0v) is 15.1. The van der Waals surface area contributed by atoms with E-state index < -0.39 is 0 Å². The fourth-order valence-electron chi connectivity index (χ4n) is 3.19. The number of benzene rings is 2. The third-order valence-corrected chi connectivity index (χ3v) is 4.75. The summed E-state index contributed by atoms with van der Waals surface area (Å²) in [6.45, 7) is 2.27. The molecular weight excluding hydrogens is 341 g/mol. The first-order valence-electron chi connectivity index (χ1n) is 9.08. The molecule has 0 aliphatic carbocycles. The van der Waals surface area contributed by atoms with Crippen LogP contribution >= 0.6 is 0 Å². The average Bonchev–Trinajstić information content (AvgIpc) is 2.70. The van der Waals surface area contributed by atoms with Gasteiger partial charge in [0, 0.05) is 37.3 Å². The Morgan fingerprint density at radius 3 is 2.56 bits per heavy atom. The second-order valence-electron chi connectivity index (χ2n) is 6.72. The number of rotatable bonds is 5. The molecule has 1 aliphatic heterocycles. The maximum absolute atomic E-state index is 13.8. The van der Waals surface area contributed by atoms with Gasteiger partial charge in [-0.2, -0.15) is 5.26 Å². The predicted molar refractivity (Wildman–Crippen MR) is 103 cm³/mol. The lowest BCUT2D eigenvalue weighted by Gasteiger charge is -2.32. The zero-order valence-electron chi connectivity index (χ0n) is 15.1. The molecule has 1 aliphatic rings. The Hall–Kier alpha value is -2.97. The number of halogens is 1. The average molecular weight is 363 g/mol. The Morgan fingerprint density at radius 1 is 1.19 bits per heavy atom. The van der Waals surface area contributed by atoms with Crippen LogP contribution in [-0.4, -0.2) is 29.9 Å². The summed E-state index contributed by atoms with van der Waals surface area (Å²) >= 11 is 0. The maximum atomic E-state index is 13.8. The van der Waals surface area contributed by atoms with Crippen molar-refractivity contribution < 1.29 is 9.18 Å². The molecule has 5 heteroatoms. The van der Waals surface area contributed by atoms with Crippen molar-refractivity contribution in [3.8, 4) is 6.07 Å². The minimum atomic E-state index is -0.166. The van der Waals surface area contributed by atoms with E-state index in [0.29, 0.717) is 17.7 Å². The number of nitrogens with one attached hydrogen (secondary N) is 1. The Kier molecular flexibility index (Phi) is 6.35. The number of hydrogen-bond acceptors (Lipinski definition) is 3. The molecule has 27 heavy (non-hydrogen) atoms. The van der Waals surface area contributed by atoms with Crippen LogP contribution in [0.15, 0.2) is 54.6 Å². The Morgan fingerprint density at radius 2 is 1.89 bits per heavy atom. The topological polar surface area (TPSA) is 56.1 Å². The first kappa shape index (κ1) is 18.8. The van der Waals surface area contributed by atoms with Crippen LogP contribution in [0, 0.1) is 17.1 Å². The summed E-state index contributed by atoms with van der Waals surface area (Å²) in [5, 5.41) is 11.8. The van der Waals surface area contributed by atoms with Crippen LogP contribution in [0.4, 0.5) is 4.39 Å². The maximum Gasteiger partial charge on any atom is 0.244 e. The molecule has 0 radical (unpaired) electrons. The van der Waals surface area contributed by atoms with Gasteiger partial charge in [0.05, 0.1) is 11.6 Å². The fourth-order valence-corrected chi connectivity index (χ4v) is 3.19. The molecule has 0 bridgehead atoms. The lowest BCUT2D eigenvalue weighted by molar-refractivity contribution is -0.117. The summed E-state index contributed by atoms with van der Waals surface area (Å²) in [6.07, 6.45) is 4.96. The van der Waals surface area contributed by atoms with E-state index in [4.69, 9.17) is 5.26 Å². The van der Waals surface area contributed by atoms with Gasteiger partial charge in [0.1, 0.15) is 5.82 Å². The van der Waals surface area contributed by atoms with E-state index in [9.17, 15) is 9.18 Å². The fraction of sp³-hybridized carbons (Fsp3) is 0.273. The molecule has 3 rings (SSSR count). The Balaban J connectivity index is 1.44. The predicted octanol–water partition coefficient (Wildman–Crippen LogP) is 3.49. The number of nitriles is 1. The largest absolute Gasteiger partial charge is 0.350 e. The van der Waals surface area contributed by atoms with E-state index in [1.807, 2.05) is 24.3 Å². The van der Waals surface area contributed by atoms with E-state index in [1.54, 1.807) is 24.3 Å². The van der Waals surface area contributed by atoms with Crippen LogP contribution in [0.5, 0.6) is 0 Å². The molecular formula is C22H22FN3O. The normalized spacial score (nSPS) is 15.6. The van der Waals surface area contributed by atoms with E-state index in [2.05, 4.69) is 16.3 Å². The van der Waals surface area contributed by atoms with E-state index in [1.165, 1.54) is 12.1 Å². The molecule has 1 saturated heterocycles. The molecule has 1 N–H and O–H groups in total. The molecule has 138 valence electrons. The van der Waals surface area contributed by atoms with Crippen molar-refractivity contribution in [1.82, 2.24) is 10.2 Å². The van der Waals surface area contributed by atoms with Crippen molar-refractivity contribution in [2.45, 2.75) is 25.4 Å². The van der Waals surface area contributed by atoms with Gasteiger partial charge >= 0.3 is 0 Å². The SMILES string of the molecule is N#Cc1ccc(C=CC(=O)NC2CCN(Cc3ccccc3F)CC2)cc1. The molecule has 2 aromatic rings. The van der Waals surface area contributed by atoms with Crippen LogP contribution in [0.3, 0.4) is 0 Å². The lowest BCUT2D eigenvalue weighted by atomic mass is 10.0. The van der Waals surface area contributed by atoms with Gasteiger partial charge in [0.2, 0.25) is 5.91 Å². The smallest absolute Gasteiger partial charge is 0.244 e. The minimum Gasteiger partial charge on any atom is -0.350 e. The number of carbonyl (C=O) groups is 1. The highest BCUT2D eigenvalue weighted by Crippen LogP contribution is 2.16. The van der Waals surface area contributed by atoms with E-state index in [0.717, 1.165) is 31.5 Å². The molecule has 1 fully saturated rings. The molecule has 2 aromatic carbocycles. The standard InChI is InChI=1S/C22H22FN3O/c23-21-4-2-1-3-19(21)16-26-13-11-20(12-14-26)25-22(27)10-9-17-5-7-18(15-24)8-6-17/h1-10,20H,11-14,16H2,(H,25,27). The van der Waals surface area contributed by atoms with E-state index in [-0.39, 0.29) is 17.8 Å². The Labute approximate surface area is 158 Å². The number of amides is 1. The van der Waals surface area contributed by atoms with Crippen LogP contribution in [0.2, 0.25) is 0 Å². The zero-order chi connectivity index (χ0) is 19.1. The third-order valence-electron chi connectivity index (χ3n) is 4.75. The second-order valence-corrected chi connectivity index (χ2v) is 6.72. The number of hydrogen-bond donors (Lipinski definition) is 1.